The topological polar surface area (TPSA) is 26.3 Å². The minimum Gasteiger partial charge on any atom is -0.456 e. The minimum absolute atomic E-state index is 0.508. The maximum Gasteiger partial charge on any atom is 0.136 e. The van der Waals surface area contributed by atoms with Crippen LogP contribution < -0.4 is 0 Å². The Morgan fingerprint density at radius 2 is 0.638 bits per heavy atom. The monoisotopic (exact) mass is 876 g/mol. The minimum atomic E-state index is -0.508. The van der Waals surface area contributed by atoms with Gasteiger partial charge in [0.05, 0.1) is 5.41 Å². The van der Waals surface area contributed by atoms with Crippen LogP contribution in [0.15, 0.2) is 251 Å². The van der Waals surface area contributed by atoms with Crippen LogP contribution in [0.5, 0.6) is 0 Å². The number of furan rings is 2. The van der Waals surface area contributed by atoms with Gasteiger partial charge in [-0.2, -0.15) is 0 Å². The lowest BCUT2D eigenvalue weighted by Gasteiger charge is -2.34. The van der Waals surface area contributed by atoms with Gasteiger partial charge in [-0.05, 0) is 160 Å². The fraction of sp³-hybridized carbons (Fsp3) is 0.0149. The second-order valence-corrected chi connectivity index (χ2v) is 18.7. The van der Waals surface area contributed by atoms with Crippen molar-refractivity contribution in [3.8, 4) is 44.5 Å². The molecule has 0 atom stereocenters. The third kappa shape index (κ3) is 5.55. The van der Waals surface area contributed by atoms with Gasteiger partial charge >= 0.3 is 0 Å². The van der Waals surface area contributed by atoms with Crippen LogP contribution in [0.1, 0.15) is 22.3 Å². The molecule has 0 saturated carbocycles. The van der Waals surface area contributed by atoms with Crippen LogP contribution in [0.2, 0.25) is 0 Å². The Bertz CT molecular complexity index is 4340. The molecule has 320 valence electrons. The molecule has 69 heavy (non-hydrogen) atoms. The normalized spacial score (nSPS) is 13.0. The van der Waals surface area contributed by atoms with Crippen molar-refractivity contribution in [2.75, 3.05) is 0 Å². The molecule has 0 spiro atoms. The predicted octanol–water partition coefficient (Wildman–Crippen LogP) is 18.3. The van der Waals surface area contributed by atoms with Crippen LogP contribution in [0.25, 0.3) is 121 Å². The third-order valence-electron chi connectivity index (χ3n) is 15.1. The third-order valence-corrected chi connectivity index (χ3v) is 15.1. The summed E-state index contributed by atoms with van der Waals surface area (Å²) < 4.78 is 13.0. The zero-order valence-electron chi connectivity index (χ0n) is 37.4. The molecule has 0 fully saturated rings. The Balaban J connectivity index is 0.974. The molecule has 0 aliphatic heterocycles. The van der Waals surface area contributed by atoms with Gasteiger partial charge in [-0.15, -0.1) is 0 Å². The number of benzene rings is 12. The first-order valence-electron chi connectivity index (χ1n) is 23.8. The summed E-state index contributed by atoms with van der Waals surface area (Å²) in [5, 5.41) is 11.9. The summed E-state index contributed by atoms with van der Waals surface area (Å²) >= 11 is 0. The van der Waals surface area contributed by atoms with Crippen molar-refractivity contribution in [2.45, 2.75) is 5.41 Å². The van der Waals surface area contributed by atoms with E-state index >= 15 is 0 Å². The van der Waals surface area contributed by atoms with Gasteiger partial charge in [0.1, 0.15) is 22.3 Å². The van der Waals surface area contributed by atoms with Crippen LogP contribution in [-0.2, 0) is 5.41 Å². The van der Waals surface area contributed by atoms with Crippen LogP contribution in [0.3, 0.4) is 0 Å². The van der Waals surface area contributed by atoms with Crippen molar-refractivity contribution in [3.63, 3.8) is 0 Å². The highest BCUT2D eigenvalue weighted by molar-refractivity contribution is 6.26. The van der Waals surface area contributed by atoms with E-state index in [1.165, 1.54) is 76.8 Å². The molecule has 12 aromatic carbocycles. The molecule has 0 unspecified atom stereocenters. The molecule has 1 aliphatic carbocycles. The molecule has 0 bridgehead atoms. The van der Waals surface area contributed by atoms with E-state index < -0.39 is 5.41 Å². The average Bonchev–Trinajstić information content (AvgIpc) is 4.07. The van der Waals surface area contributed by atoms with E-state index in [9.17, 15) is 0 Å². The SMILES string of the molecule is c1ccc(C2(c3ccccc3)c3ccccc3-c3ccc(-c4cc(-c5ccc6oc7cc8c(cc7c6c5)oc5ccccc58)cc(-c5ccc6c7ccccc7c7ccccc7c6c5)c4)cc32)cc1. The molecular weight excluding hydrogens is 837 g/mol. The first-order chi connectivity index (χ1) is 34.2. The summed E-state index contributed by atoms with van der Waals surface area (Å²) in [6.07, 6.45) is 0. The molecular formula is C67H40O2. The molecule has 0 radical (unpaired) electrons. The molecule has 0 N–H and O–H groups in total. The zero-order chi connectivity index (χ0) is 45.2. The standard InChI is InChI=1S/C67H40O2/c1-3-15-47(16-4-1)67(48-17-5-2-6-18-48)61-25-13-11-23-54(61)55-31-28-43(38-62(55)67)46-34-44(41-27-30-53-51-21-8-7-19-49(51)50-20-9-10-22-52(50)57(53)36-41)33-45(35-46)42-29-32-64-58(37-42)60-40-65-59(39-66(60)69-64)56-24-12-14-26-63(56)68-65/h1-40H. The quantitative estimate of drug-likeness (QED) is 0.161. The number of hydrogen-bond donors (Lipinski definition) is 0. The van der Waals surface area contributed by atoms with Gasteiger partial charge in [-0.1, -0.05) is 182 Å². The van der Waals surface area contributed by atoms with Crippen molar-refractivity contribution in [3.05, 3.63) is 265 Å². The fourth-order valence-corrected chi connectivity index (χ4v) is 12.0. The second-order valence-electron chi connectivity index (χ2n) is 18.7. The van der Waals surface area contributed by atoms with E-state index in [1.807, 2.05) is 12.1 Å². The maximum atomic E-state index is 6.58. The smallest absolute Gasteiger partial charge is 0.136 e. The molecule has 14 aromatic rings. The average molecular weight is 877 g/mol. The molecule has 2 heteroatoms. The molecule has 2 aromatic heterocycles. The molecule has 1 aliphatic rings. The van der Waals surface area contributed by atoms with Gasteiger partial charge < -0.3 is 8.83 Å². The molecule has 15 rings (SSSR count). The summed E-state index contributed by atoms with van der Waals surface area (Å²) in [5.74, 6) is 0. The van der Waals surface area contributed by atoms with Gasteiger partial charge in [0.25, 0.3) is 0 Å². The summed E-state index contributed by atoms with van der Waals surface area (Å²) in [6, 6.07) is 89.3. The van der Waals surface area contributed by atoms with Crippen molar-refractivity contribution in [2.24, 2.45) is 0 Å². The van der Waals surface area contributed by atoms with Gasteiger partial charge in [-0.3, -0.25) is 0 Å². The van der Waals surface area contributed by atoms with E-state index in [0.29, 0.717) is 0 Å². The van der Waals surface area contributed by atoms with Crippen molar-refractivity contribution in [1.29, 1.82) is 0 Å². The lowest BCUT2D eigenvalue weighted by atomic mass is 9.67. The lowest BCUT2D eigenvalue weighted by Crippen LogP contribution is -2.28. The maximum absolute atomic E-state index is 6.58. The van der Waals surface area contributed by atoms with E-state index in [0.717, 1.165) is 66.1 Å². The Kier molecular flexibility index (Phi) is 8.02. The summed E-state index contributed by atoms with van der Waals surface area (Å²) in [7, 11) is 0. The molecule has 0 amide bonds. The van der Waals surface area contributed by atoms with E-state index in [2.05, 4.69) is 231 Å². The Labute approximate surface area is 397 Å². The van der Waals surface area contributed by atoms with Gasteiger partial charge in [0, 0.05) is 21.5 Å². The van der Waals surface area contributed by atoms with Crippen LogP contribution in [-0.4, -0.2) is 0 Å². The van der Waals surface area contributed by atoms with Gasteiger partial charge in [0.2, 0.25) is 0 Å². The summed E-state index contributed by atoms with van der Waals surface area (Å²) in [6.45, 7) is 0. The Morgan fingerprint density at radius 3 is 1.28 bits per heavy atom. The second kappa shape index (κ2) is 14.5. The van der Waals surface area contributed by atoms with E-state index in [4.69, 9.17) is 8.83 Å². The largest absolute Gasteiger partial charge is 0.456 e. The molecule has 2 heterocycles. The molecule has 0 saturated heterocycles. The van der Waals surface area contributed by atoms with Crippen molar-refractivity contribution < 1.29 is 8.83 Å². The van der Waals surface area contributed by atoms with Crippen molar-refractivity contribution in [1.82, 2.24) is 0 Å². The van der Waals surface area contributed by atoms with E-state index in [1.54, 1.807) is 0 Å². The number of hydrogen-bond acceptors (Lipinski definition) is 2. The van der Waals surface area contributed by atoms with Crippen LogP contribution in [0.4, 0.5) is 0 Å². The molecule has 2 nitrogen and oxygen atoms in total. The van der Waals surface area contributed by atoms with Gasteiger partial charge in [0.15, 0.2) is 0 Å². The number of fused-ring (bicyclic) bond motifs is 15. The highest BCUT2D eigenvalue weighted by atomic mass is 16.3. The Morgan fingerprint density at radius 1 is 0.217 bits per heavy atom. The predicted molar refractivity (Wildman–Crippen MR) is 287 cm³/mol. The van der Waals surface area contributed by atoms with Crippen molar-refractivity contribution >= 4 is 76.2 Å². The van der Waals surface area contributed by atoms with Gasteiger partial charge in [-0.25, -0.2) is 0 Å². The highest BCUT2D eigenvalue weighted by Crippen LogP contribution is 2.57. The number of rotatable bonds is 5. The Hall–Kier alpha value is -8.98. The first-order valence-corrected chi connectivity index (χ1v) is 23.8. The number of para-hydroxylation sites is 1. The van der Waals surface area contributed by atoms with Crippen LogP contribution >= 0.6 is 0 Å². The summed E-state index contributed by atoms with van der Waals surface area (Å²) in [5.41, 5.74) is 17.5. The zero-order valence-corrected chi connectivity index (χ0v) is 37.4. The fourth-order valence-electron chi connectivity index (χ4n) is 12.0. The van der Waals surface area contributed by atoms with E-state index in [-0.39, 0.29) is 0 Å². The summed E-state index contributed by atoms with van der Waals surface area (Å²) in [4.78, 5) is 0. The highest BCUT2D eigenvalue weighted by Gasteiger charge is 2.46. The van der Waals surface area contributed by atoms with Crippen LogP contribution in [0, 0.1) is 0 Å². The first kappa shape index (κ1) is 38.2. The lowest BCUT2D eigenvalue weighted by molar-refractivity contribution is 0.664.